The van der Waals surface area contributed by atoms with Crippen LogP contribution < -0.4 is 5.73 Å². The van der Waals surface area contributed by atoms with Crippen LogP contribution in [0, 0.1) is 5.92 Å². The summed E-state index contributed by atoms with van der Waals surface area (Å²) in [5.74, 6) is 0.275. The van der Waals surface area contributed by atoms with Gasteiger partial charge in [-0.1, -0.05) is 29.8 Å². The predicted octanol–water partition coefficient (Wildman–Crippen LogP) is 3.62. The highest BCUT2D eigenvalue weighted by Crippen LogP contribution is 2.19. The third-order valence-corrected chi connectivity index (χ3v) is 2.89. The van der Waals surface area contributed by atoms with Crippen molar-refractivity contribution < 1.29 is 9.53 Å². The molecule has 3 nitrogen and oxygen atoms in total. The Morgan fingerprint density at radius 2 is 2.18 bits per heavy atom. The number of hydrogen-bond acceptors (Lipinski definition) is 3. The van der Waals surface area contributed by atoms with Gasteiger partial charge in [0, 0.05) is 10.2 Å². The molecular weight excluding hydrogens is 282 g/mol. The van der Waals surface area contributed by atoms with Crippen LogP contribution in [-0.2, 0) is 4.74 Å². The van der Waals surface area contributed by atoms with Crippen LogP contribution in [0.25, 0.3) is 0 Å². The topological polar surface area (TPSA) is 52.3 Å². The highest BCUT2D eigenvalue weighted by molar-refractivity contribution is 9.10. The van der Waals surface area contributed by atoms with Crippen LogP contribution in [0.3, 0.4) is 0 Å². The van der Waals surface area contributed by atoms with Gasteiger partial charge in [0.2, 0.25) is 0 Å². The van der Waals surface area contributed by atoms with E-state index in [9.17, 15) is 4.79 Å². The summed E-state index contributed by atoms with van der Waals surface area (Å²) in [7, 11) is 0. The molecule has 1 aromatic rings. The molecule has 0 fully saturated rings. The maximum absolute atomic E-state index is 11.7. The number of anilines is 1. The number of halogens is 1. The van der Waals surface area contributed by atoms with E-state index in [0.717, 1.165) is 17.3 Å². The van der Waals surface area contributed by atoms with Gasteiger partial charge in [-0.05, 0) is 37.0 Å². The molecule has 0 aliphatic carbocycles. The third kappa shape index (κ3) is 4.77. The second-order valence-electron chi connectivity index (χ2n) is 4.40. The molecule has 94 valence electrons. The van der Waals surface area contributed by atoms with Crippen molar-refractivity contribution >= 4 is 27.6 Å². The Morgan fingerprint density at radius 3 is 2.82 bits per heavy atom. The number of rotatable bonds is 5. The van der Waals surface area contributed by atoms with E-state index in [1.165, 1.54) is 0 Å². The molecule has 0 aliphatic heterocycles. The zero-order chi connectivity index (χ0) is 12.8. The van der Waals surface area contributed by atoms with Crippen molar-refractivity contribution in [2.24, 2.45) is 5.92 Å². The van der Waals surface area contributed by atoms with Gasteiger partial charge >= 0.3 is 5.97 Å². The lowest BCUT2D eigenvalue weighted by Crippen LogP contribution is -2.09. The first-order valence-electron chi connectivity index (χ1n) is 5.73. The van der Waals surface area contributed by atoms with Crippen molar-refractivity contribution in [2.45, 2.75) is 26.7 Å². The van der Waals surface area contributed by atoms with E-state index in [4.69, 9.17) is 10.5 Å². The highest BCUT2D eigenvalue weighted by Gasteiger charge is 2.11. The molecule has 1 rings (SSSR count). The maximum atomic E-state index is 11.7. The number of ether oxygens (including phenoxy) is 1. The SMILES string of the molecule is CC(C)CCCOC(=O)c1cc(Br)ccc1N. The minimum absolute atomic E-state index is 0.354. The number of carbonyl (C=O) groups excluding carboxylic acids is 1. The van der Waals surface area contributed by atoms with Crippen LogP contribution in [0.15, 0.2) is 22.7 Å². The van der Waals surface area contributed by atoms with E-state index in [1.54, 1.807) is 18.2 Å². The van der Waals surface area contributed by atoms with Gasteiger partial charge < -0.3 is 10.5 Å². The van der Waals surface area contributed by atoms with E-state index < -0.39 is 0 Å². The number of nitrogen functional groups attached to an aromatic ring is 1. The van der Waals surface area contributed by atoms with Gasteiger partial charge in [-0.3, -0.25) is 0 Å². The molecule has 0 aliphatic rings. The molecule has 0 saturated heterocycles. The molecule has 0 aromatic heterocycles. The Kier molecular flexibility index (Phi) is 5.48. The summed E-state index contributed by atoms with van der Waals surface area (Å²) < 4.78 is 5.99. The van der Waals surface area contributed by atoms with Crippen molar-refractivity contribution in [2.75, 3.05) is 12.3 Å². The summed E-state index contributed by atoms with van der Waals surface area (Å²) in [6.07, 6.45) is 1.94. The lowest BCUT2D eigenvalue weighted by molar-refractivity contribution is 0.0496. The van der Waals surface area contributed by atoms with Crippen molar-refractivity contribution in [3.63, 3.8) is 0 Å². The van der Waals surface area contributed by atoms with Crippen LogP contribution in [0.2, 0.25) is 0 Å². The Hall–Kier alpha value is -1.03. The zero-order valence-electron chi connectivity index (χ0n) is 10.2. The first kappa shape index (κ1) is 14.0. The fourth-order valence-corrected chi connectivity index (χ4v) is 1.80. The summed E-state index contributed by atoms with van der Waals surface area (Å²) in [5.41, 5.74) is 6.59. The van der Waals surface area contributed by atoms with Gasteiger partial charge in [-0.2, -0.15) is 0 Å². The number of carbonyl (C=O) groups is 1. The maximum Gasteiger partial charge on any atom is 0.340 e. The lowest BCUT2D eigenvalue weighted by Gasteiger charge is -2.08. The molecule has 0 unspecified atom stereocenters. The van der Waals surface area contributed by atoms with Gasteiger partial charge in [0.25, 0.3) is 0 Å². The molecule has 17 heavy (non-hydrogen) atoms. The van der Waals surface area contributed by atoms with Gasteiger partial charge in [-0.15, -0.1) is 0 Å². The predicted molar refractivity (Wildman–Crippen MR) is 72.9 cm³/mol. The summed E-state index contributed by atoms with van der Waals surface area (Å²) in [5, 5.41) is 0. The van der Waals surface area contributed by atoms with E-state index in [-0.39, 0.29) is 5.97 Å². The molecule has 0 radical (unpaired) electrons. The molecule has 0 bridgehead atoms. The number of hydrogen-bond donors (Lipinski definition) is 1. The van der Waals surface area contributed by atoms with E-state index in [2.05, 4.69) is 29.8 Å². The van der Waals surface area contributed by atoms with Gasteiger partial charge in [0.05, 0.1) is 12.2 Å². The highest BCUT2D eigenvalue weighted by atomic mass is 79.9. The Morgan fingerprint density at radius 1 is 1.47 bits per heavy atom. The molecule has 2 N–H and O–H groups in total. The number of esters is 1. The normalized spacial score (nSPS) is 10.6. The van der Waals surface area contributed by atoms with Crippen LogP contribution >= 0.6 is 15.9 Å². The van der Waals surface area contributed by atoms with Crippen LogP contribution in [-0.4, -0.2) is 12.6 Å². The lowest BCUT2D eigenvalue weighted by atomic mass is 10.1. The van der Waals surface area contributed by atoms with Crippen molar-refractivity contribution in [1.82, 2.24) is 0 Å². The third-order valence-electron chi connectivity index (χ3n) is 2.39. The minimum Gasteiger partial charge on any atom is -0.462 e. The first-order valence-corrected chi connectivity index (χ1v) is 6.52. The van der Waals surface area contributed by atoms with Gasteiger partial charge in [0.1, 0.15) is 0 Å². The van der Waals surface area contributed by atoms with E-state index in [1.807, 2.05) is 0 Å². The number of nitrogens with two attached hydrogens (primary N) is 1. The minimum atomic E-state index is -0.354. The molecule has 0 saturated carbocycles. The Labute approximate surface area is 110 Å². The standard InChI is InChI=1S/C13H18BrNO2/c1-9(2)4-3-7-17-13(16)11-8-10(14)5-6-12(11)15/h5-6,8-9H,3-4,7,15H2,1-2H3. The van der Waals surface area contributed by atoms with E-state index >= 15 is 0 Å². The van der Waals surface area contributed by atoms with Gasteiger partial charge in [-0.25, -0.2) is 4.79 Å². The largest absolute Gasteiger partial charge is 0.462 e. The smallest absolute Gasteiger partial charge is 0.340 e. The second-order valence-corrected chi connectivity index (χ2v) is 5.32. The monoisotopic (exact) mass is 299 g/mol. The van der Waals surface area contributed by atoms with Crippen LogP contribution in [0.4, 0.5) is 5.69 Å². The molecule has 4 heteroatoms. The Balaban J connectivity index is 2.49. The summed E-state index contributed by atoms with van der Waals surface area (Å²) in [4.78, 5) is 11.7. The molecule has 0 spiro atoms. The molecule has 0 amide bonds. The average Bonchev–Trinajstić information content (AvgIpc) is 2.27. The van der Waals surface area contributed by atoms with Crippen LogP contribution in [0.1, 0.15) is 37.0 Å². The Bertz CT molecular complexity index is 391. The van der Waals surface area contributed by atoms with E-state index in [0.29, 0.717) is 23.8 Å². The molecule has 0 atom stereocenters. The zero-order valence-corrected chi connectivity index (χ0v) is 11.8. The second kappa shape index (κ2) is 6.64. The quantitative estimate of drug-likeness (QED) is 0.513. The summed E-state index contributed by atoms with van der Waals surface area (Å²) in [6.45, 7) is 4.74. The van der Waals surface area contributed by atoms with Crippen molar-refractivity contribution in [3.05, 3.63) is 28.2 Å². The van der Waals surface area contributed by atoms with Gasteiger partial charge in [0.15, 0.2) is 0 Å². The molecule has 1 aromatic carbocycles. The number of benzene rings is 1. The molecule has 0 heterocycles. The fourth-order valence-electron chi connectivity index (χ4n) is 1.44. The van der Waals surface area contributed by atoms with Crippen molar-refractivity contribution in [3.8, 4) is 0 Å². The average molecular weight is 300 g/mol. The van der Waals surface area contributed by atoms with Crippen molar-refractivity contribution in [1.29, 1.82) is 0 Å². The first-order chi connectivity index (χ1) is 8.00. The van der Waals surface area contributed by atoms with Crippen LogP contribution in [0.5, 0.6) is 0 Å². The summed E-state index contributed by atoms with van der Waals surface area (Å²) in [6, 6.07) is 5.17. The fraction of sp³-hybridized carbons (Fsp3) is 0.462. The molecular formula is C13H18BrNO2. The summed E-state index contributed by atoms with van der Waals surface area (Å²) >= 11 is 3.30.